The summed E-state index contributed by atoms with van der Waals surface area (Å²) in [5.41, 5.74) is 1.59. The van der Waals surface area contributed by atoms with Gasteiger partial charge in [-0.15, -0.1) is 0 Å². The van der Waals surface area contributed by atoms with Gasteiger partial charge < -0.3 is 10.1 Å². The van der Waals surface area contributed by atoms with Crippen LogP contribution in [0.15, 0.2) is 12.1 Å². The van der Waals surface area contributed by atoms with Crippen molar-refractivity contribution in [3.05, 3.63) is 22.7 Å². The molecule has 1 aromatic carbocycles. The molecule has 0 spiro atoms. The second kappa shape index (κ2) is 6.64. The number of methoxy groups -OCH3 is 1. The quantitative estimate of drug-likeness (QED) is 0.876. The van der Waals surface area contributed by atoms with E-state index in [-0.39, 0.29) is 5.91 Å². The van der Waals surface area contributed by atoms with Crippen molar-refractivity contribution in [1.82, 2.24) is 0 Å². The summed E-state index contributed by atoms with van der Waals surface area (Å²) in [5, 5.41) is 3.49. The molecule has 3 nitrogen and oxygen atoms in total. The third kappa shape index (κ3) is 4.22. The van der Waals surface area contributed by atoms with Crippen LogP contribution in [0.5, 0.6) is 5.75 Å². The molecule has 0 aliphatic heterocycles. The summed E-state index contributed by atoms with van der Waals surface area (Å²) in [7, 11) is 1.56. The van der Waals surface area contributed by atoms with Crippen molar-refractivity contribution in [2.24, 2.45) is 5.92 Å². The number of halogens is 1. The first kappa shape index (κ1) is 14.8. The molecule has 0 atom stereocenters. The third-order valence-corrected chi connectivity index (χ3v) is 3.11. The van der Waals surface area contributed by atoms with Gasteiger partial charge in [0.05, 0.1) is 12.8 Å². The molecule has 0 saturated carbocycles. The second-order valence-corrected chi connectivity index (χ2v) is 5.19. The van der Waals surface area contributed by atoms with Crippen molar-refractivity contribution in [2.45, 2.75) is 33.6 Å². The highest BCUT2D eigenvalue weighted by Crippen LogP contribution is 2.31. The molecule has 0 unspecified atom stereocenters. The zero-order valence-corrected chi connectivity index (χ0v) is 12.1. The number of hydrogen-bond donors (Lipinski definition) is 1. The number of aryl methyl sites for hydroxylation is 1. The molecule has 0 aliphatic rings. The van der Waals surface area contributed by atoms with E-state index in [4.69, 9.17) is 16.3 Å². The Morgan fingerprint density at radius 3 is 2.67 bits per heavy atom. The van der Waals surface area contributed by atoms with Crippen LogP contribution in [0.1, 0.15) is 32.3 Å². The molecule has 0 aliphatic carbocycles. The lowest BCUT2D eigenvalue weighted by molar-refractivity contribution is -0.116. The van der Waals surface area contributed by atoms with Gasteiger partial charge in [0.25, 0.3) is 0 Å². The van der Waals surface area contributed by atoms with Gasteiger partial charge >= 0.3 is 0 Å². The molecule has 100 valence electrons. The van der Waals surface area contributed by atoms with Crippen LogP contribution < -0.4 is 10.1 Å². The van der Waals surface area contributed by atoms with Crippen LogP contribution in [0.25, 0.3) is 0 Å². The summed E-state index contributed by atoms with van der Waals surface area (Å²) in [6, 6.07) is 3.55. The molecule has 1 amide bonds. The van der Waals surface area contributed by atoms with Crippen LogP contribution in [-0.2, 0) is 4.79 Å². The van der Waals surface area contributed by atoms with E-state index in [1.807, 2.05) is 13.0 Å². The number of ether oxygens (including phenoxy) is 1. The molecular weight excluding hydrogens is 250 g/mol. The van der Waals surface area contributed by atoms with Crippen LogP contribution in [0, 0.1) is 12.8 Å². The molecule has 1 aromatic rings. The normalized spacial score (nSPS) is 10.6. The Morgan fingerprint density at radius 2 is 2.11 bits per heavy atom. The van der Waals surface area contributed by atoms with E-state index in [1.54, 1.807) is 13.2 Å². The van der Waals surface area contributed by atoms with E-state index >= 15 is 0 Å². The van der Waals surface area contributed by atoms with Crippen molar-refractivity contribution >= 4 is 23.2 Å². The van der Waals surface area contributed by atoms with Gasteiger partial charge in [0, 0.05) is 17.5 Å². The fourth-order valence-corrected chi connectivity index (χ4v) is 1.72. The van der Waals surface area contributed by atoms with E-state index in [9.17, 15) is 4.79 Å². The highest BCUT2D eigenvalue weighted by atomic mass is 35.5. The van der Waals surface area contributed by atoms with E-state index in [0.29, 0.717) is 28.8 Å². The van der Waals surface area contributed by atoms with Gasteiger partial charge in [0.15, 0.2) is 0 Å². The minimum absolute atomic E-state index is 0.00345. The first-order valence-electron chi connectivity index (χ1n) is 6.08. The van der Waals surface area contributed by atoms with Crippen molar-refractivity contribution in [2.75, 3.05) is 12.4 Å². The van der Waals surface area contributed by atoms with E-state index in [0.717, 1.165) is 12.0 Å². The molecule has 0 fully saturated rings. The maximum atomic E-state index is 11.8. The molecule has 0 radical (unpaired) electrons. The molecule has 18 heavy (non-hydrogen) atoms. The average Bonchev–Trinajstić information content (AvgIpc) is 2.31. The number of anilines is 1. The fourth-order valence-electron chi connectivity index (χ4n) is 1.56. The third-order valence-electron chi connectivity index (χ3n) is 2.70. The zero-order chi connectivity index (χ0) is 13.7. The van der Waals surface area contributed by atoms with Crippen LogP contribution in [-0.4, -0.2) is 13.0 Å². The lowest BCUT2D eigenvalue weighted by Crippen LogP contribution is -2.13. The van der Waals surface area contributed by atoms with Gasteiger partial charge in [-0.1, -0.05) is 25.4 Å². The van der Waals surface area contributed by atoms with Crippen molar-refractivity contribution < 1.29 is 9.53 Å². The minimum Gasteiger partial charge on any atom is -0.495 e. The number of carbonyl (C=O) groups is 1. The smallest absolute Gasteiger partial charge is 0.224 e. The molecule has 0 aromatic heterocycles. The number of hydrogen-bond acceptors (Lipinski definition) is 2. The molecule has 1 rings (SSSR count). The van der Waals surface area contributed by atoms with Gasteiger partial charge in [0.1, 0.15) is 5.75 Å². The molecule has 0 heterocycles. The Bertz CT molecular complexity index is 430. The predicted molar refractivity (Wildman–Crippen MR) is 75.4 cm³/mol. The molecule has 0 bridgehead atoms. The predicted octanol–water partition coefficient (Wildman–Crippen LogP) is 4.03. The Labute approximate surface area is 113 Å². The van der Waals surface area contributed by atoms with Crippen molar-refractivity contribution in [1.29, 1.82) is 0 Å². The Balaban J connectivity index is 2.77. The summed E-state index contributed by atoms with van der Waals surface area (Å²) in [5.74, 6) is 1.11. The zero-order valence-electron chi connectivity index (χ0n) is 11.3. The first-order valence-corrected chi connectivity index (χ1v) is 6.45. The van der Waals surface area contributed by atoms with E-state index in [2.05, 4.69) is 19.2 Å². The summed E-state index contributed by atoms with van der Waals surface area (Å²) >= 11 is 6.01. The highest BCUT2D eigenvalue weighted by Gasteiger charge is 2.10. The van der Waals surface area contributed by atoms with Gasteiger partial charge in [-0.25, -0.2) is 0 Å². The Morgan fingerprint density at radius 1 is 1.44 bits per heavy atom. The van der Waals surface area contributed by atoms with Crippen LogP contribution in [0.4, 0.5) is 5.69 Å². The number of benzene rings is 1. The summed E-state index contributed by atoms with van der Waals surface area (Å²) < 4.78 is 5.21. The van der Waals surface area contributed by atoms with Crippen LogP contribution >= 0.6 is 11.6 Å². The van der Waals surface area contributed by atoms with E-state index in [1.165, 1.54) is 0 Å². The fraction of sp³-hybridized carbons (Fsp3) is 0.500. The van der Waals surface area contributed by atoms with Gasteiger partial charge in [-0.2, -0.15) is 0 Å². The summed E-state index contributed by atoms with van der Waals surface area (Å²) in [6.07, 6.45) is 1.39. The van der Waals surface area contributed by atoms with Crippen LogP contribution in [0.3, 0.4) is 0 Å². The SMILES string of the molecule is COc1cc(Cl)c(C)cc1NC(=O)CCC(C)C. The Kier molecular flexibility index (Phi) is 5.48. The monoisotopic (exact) mass is 269 g/mol. The number of carbonyl (C=O) groups excluding carboxylic acids is 1. The molecule has 1 N–H and O–H groups in total. The minimum atomic E-state index is 0.00345. The highest BCUT2D eigenvalue weighted by molar-refractivity contribution is 6.31. The van der Waals surface area contributed by atoms with Gasteiger partial charge in [-0.3, -0.25) is 4.79 Å². The first-order chi connectivity index (χ1) is 8.43. The lowest BCUT2D eigenvalue weighted by Gasteiger charge is -2.12. The largest absolute Gasteiger partial charge is 0.495 e. The molecule has 4 heteroatoms. The molecular formula is C14H20ClNO2. The maximum absolute atomic E-state index is 11.8. The Hall–Kier alpha value is -1.22. The van der Waals surface area contributed by atoms with Gasteiger partial charge in [0.2, 0.25) is 5.91 Å². The number of rotatable bonds is 5. The van der Waals surface area contributed by atoms with Crippen molar-refractivity contribution in [3.63, 3.8) is 0 Å². The lowest BCUT2D eigenvalue weighted by atomic mass is 10.1. The summed E-state index contributed by atoms with van der Waals surface area (Å²) in [6.45, 7) is 6.09. The topological polar surface area (TPSA) is 38.3 Å². The standard InChI is InChI=1S/C14H20ClNO2/c1-9(2)5-6-14(17)16-12-7-10(3)11(15)8-13(12)18-4/h7-9H,5-6H2,1-4H3,(H,16,17). The summed E-state index contributed by atoms with van der Waals surface area (Å²) in [4.78, 5) is 11.8. The number of amides is 1. The maximum Gasteiger partial charge on any atom is 0.224 e. The van der Waals surface area contributed by atoms with E-state index < -0.39 is 0 Å². The second-order valence-electron chi connectivity index (χ2n) is 4.78. The van der Waals surface area contributed by atoms with Crippen LogP contribution in [0.2, 0.25) is 5.02 Å². The number of nitrogens with one attached hydrogen (secondary N) is 1. The van der Waals surface area contributed by atoms with Gasteiger partial charge in [-0.05, 0) is 30.9 Å². The van der Waals surface area contributed by atoms with Crippen molar-refractivity contribution in [3.8, 4) is 5.75 Å². The molecule has 0 saturated heterocycles. The average molecular weight is 270 g/mol.